The molecule has 2 heterocycles. The van der Waals surface area contributed by atoms with E-state index in [2.05, 4.69) is 4.98 Å². The highest BCUT2D eigenvalue weighted by Crippen LogP contribution is 2.12. The minimum Gasteiger partial charge on any atom is -0.460 e. The molecule has 1 unspecified atom stereocenters. The predicted molar refractivity (Wildman–Crippen MR) is 65.8 cm³/mol. The molecule has 0 radical (unpaired) electrons. The summed E-state index contributed by atoms with van der Waals surface area (Å²) in [6, 6.07) is 0. The molecular weight excluding hydrogens is 238 g/mol. The predicted octanol–water partition coefficient (Wildman–Crippen LogP) is 2.19. The third-order valence-electron chi connectivity index (χ3n) is 2.46. The lowest BCUT2D eigenvalue weighted by Crippen LogP contribution is -2.16. The molecule has 1 aliphatic rings. The molecule has 0 spiro atoms. The molecular formula is C12H15NO3S. The Labute approximate surface area is 104 Å². The van der Waals surface area contributed by atoms with E-state index in [-0.39, 0.29) is 12.1 Å². The second kappa shape index (κ2) is 5.93. The summed E-state index contributed by atoms with van der Waals surface area (Å²) in [7, 11) is 0. The first-order chi connectivity index (χ1) is 8.24. The van der Waals surface area contributed by atoms with Gasteiger partial charge in [0.05, 0.1) is 16.8 Å². The molecule has 0 saturated carbocycles. The van der Waals surface area contributed by atoms with Crippen LogP contribution in [0.2, 0.25) is 0 Å². The molecule has 1 atom stereocenters. The van der Waals surface area contributed by atoms with Crippen LogP contribution in [0.3, 0.4) is 0 Å². The maximum absolute atomic E-state index is 11.4. The summed E-state index contributed by atoms with van der Waals surface area (Å²) in [6.07, 6.45) is 5.18. The molecule has 92 valence electrons. The molecule has 1 aliphatic heterocycles. The smallest absolute Gasteiger partial charge is 0.330 e. The van der Waals surface area contributed by atoms with Gasteiger partial charge in [0.2, 0.25) is 0 Å². The molecule has 17 heavy (non-hydrogen) atoms. The topological polar surface area (TPSA) is 48.4 Å². The number of aromatic nitrogens is 1. The van der Waals surface area contributed by atoms with Gasteiger partial charge in [-0.25, -0.2) is 9.78 Å². The Hall–Kier alpha value is -1.20. The first-order valence-corrected chi connectivity index (χ1v) is 6.50. The molecule has 0 aromatic carbocycles. The monoisotopic (exact) mass is 253 g/mol. The van der Waals surface area contributed by atoms with Gasteiger partial charge in [0, 0.05) is 18.1 Å². The van der Waals surface area contributed by atoms with Crippen molar-refractivity contribution in [1.29, 1.82) is 0 Å². The maximum Gasteiger partial charge on any atom is 0.330 e. The van der Waals surface area contributed by atoms with Crippen molar-refractivity contribution in [2.75, 3.05) is 13.2 Å². The van der Waals surface area contributed by atoms with Crippen LogP contribution in [0.15, 0.2) is 11.5 Å². The number of esters is 1. The molecule has 1 aromatic heterocycles. The standard InChI is InChI=1S/C12H15NO3S/c1-9-13-10(8-17-9)4-5-12(14)16-7-11-3-2-6-15-11/h4-5,8,11H,2-3,6-7H2,1H3/b5-4+. The summed E-state index contributed by atoms with van der Waals surface area (Å²) in [5, 5.41) is 2.89. The van der Waals surface area contributed by atoms with E-state index in [0.29, 0.717) is 6.61 Å². The zero-order chi connectivity index (χ0) is 12.1. The molecule has 1 fully saturated rings. The fraction of sp³-hybridized carbons (Fsp3) is 0.500. The third-order valence-corrected chi connectivity index (χ3v) is 3.25. The molecule has 0 N–H and O–H groups in total. The summed E-state index contributed by atoms with van der Waals surface area (Å²) >= 11 is 1.56. The minimum absolute atomic E-state index is 0.0777. The quantitative estimate of drug-likeness (QED) is 0.609. The van der Waals surface area contributed by atoms with Crippen molar-refractivity contribution >= 4 is 23.4 Å². The number of hydrogen-bond donors (Lipinski definition) is 0. The van der Waals surface area contributed by atoms with Gasteiger partial charge >= 0.3 is 5.97 Å². The van der Waals surface area contributed by atoms with Crippen molar-refractivity contribution in [1.82, 2.24) is 4.98 Å². The van der Waals surface area contributed by atoms with Crippen molar-refractivity contribution in [3.05, 3.63) is 22.2 Å². The molecule has 1 aromatic rings. The van der Waals surface area contributed by atoms with E-state index in [1.165, 1.54) is 6.08 Å². The maximum atomic E-state index is 11.4. The zero-order valence-corrected chi connectivity index (χ0v) is 10.5. The highest BCUT2D eigenvalue weighted by molar-refractivity contribution is 7.09. The van der Waals surface area contributed by atoms with E-state index in [0.717, 1.165) is 30.2 Å². The Morgan fingerprint density at radius 2 is 2.65 bits per heavy atom. The number of carbonyl (C=O) groups excluding carboxylic acids is 1. The molecule has 0 bridgehead atoms. The van der Waals surface area contributed by atoms with E-state index in [1.807, 2.05) is 12.3 Å². The van der Waals surface area contributed by atoms with Gasteiger partial charge in [-0.3, -0.25) is 0 Å². The van der Waals surface area contributed by atoms with Crippen LogP contribution in [-0.2, 0) is 14.3 Å². The summed E-state index contributed by atoms with van der Waals surface area (Å²) in [4.78, 5) is 15.6. The van der Waals surface area contributed by atoms with Gasteiger partial charge in [-0.05, 0) is 25.8 Å². The lowest BCUT2D eigenvalue weighted by Gasteiger charge is -2.08. The zero-order valence-electron chi connectivity index (χ0n) is 9.72. The largest absolute Gasteiger partial charge is 0.460 e. The summed E-state index contributed by atoms with van der Waals surface area (Å²) < 4.78 is 10.4. The fourth-order valence-corrected chi connectivity index (χ4v) is 2.19. The van der Waals surface area contributed by atoms with E-state index >= 15 is 0 Å². The molecule has 5 heteroatoms. The Bertz CT molecular complexity index is 408. The van der Waals surface area contributed by atoms with Gasteiger partial charge in [0.1, 0.15) is 6.61 Å². The highest BCUT2D eigenvalue weighted by atomic mass is 32.1. The van der Waals surface area contributed by atoms with Crippen molar-refractivity contribution in [3.63, 3.8) is 0 Å². The second-order valence-corrected chi connectivity index (χ2v) is 4.95. The number of rotatable bonds is 4. The van der Waals surface area contributed by atoms with Crippen LogP contribution >= 0.6 is 11.3 Å². The second-order valence-electron chi connectivity index (χ2n) is 3.89. The average molecular weight is 253 g/mol. The molecule has 4 nitrogen and oxygen atoms in total. The van der Waals surface area contributed by atoms with Crippen LogP contribution in [0, 0.1) is 6.92 Å². The Morgan fingerprint density at radius 3 is 3.29 bits per heavy atom. The van der Waals surface area contributed by atoms with Gasteiger partial charge < -0.3 is 9.47 Å². The van der Waals surface area contributed by atoms with Gasteiger partial charge in [-0.15, -0.1) is 11.3 Å². The van der Waals surface area contributed by atoms with Crippen LogP contribution in [0.25, 0.3) is 6.08 Å². The molecule has 0 amide bonds. The number of ether oxygens (including phenoxy) is 2. The third kappa shape index (κ3) is 3.94. The van der Waals surface area contributed by atoms with E-state index in [1.54, 1.807) is 17.4 Å². The first kappa shape index (κ1) is 12.3. The van der Waals surface area contributed by atoms with Crippen LogP contribution in [-0.4, -0.2) is 30.3 Å². The number of hydrogen-bond acceptors (Lipinski definition) is 5. The Morgan fingerprint density at radius 1 is 1.76 bits per heavy atom. The Balaban J connectivity index is 1.74. The van der Waals surface area contributed by atoms with Crippen LogP contribution in [0.5, 0.6) is 0 Å². The van der Waals surface area contributed by atoms with Gasteiger partial charge in [-0.1, -0.05) is 0 Å². The lowest BCUT2D eigenvalue weighted by molar-refractivity contribution is -0.140. The van der Waals surface area contributed by atoms with Gasteiger partial charge in [0.25, 0.3) is 0 Å². The number of thiazole rings is 1. The van der Waals surface area contributed by atoms with Crippen molar-refractivity contribution in [2.24, 2.45) is 0 Å². The van der Waals surface area contributed by atoms with Crippen molar-refractivity contribution in [3.8, 4) is 0 Å². The van der Waals surface area contributed by atoms with Crippen molar-refractivity contribution in [2.45, 2.75) is 25.9 Å². The highest BCUT2D eigenvalue weighted by Gasteiger charge is 2.16. The molecule has 0 aliphatic carbocycles. The van der Waals surface area contributed by atoms with Crippen LogP contribution in [0.4, 0.5) is 0 Å². The summed E-state index contributed by atoms with van der Waals surface area (Å²) in [5.41, 5.74) is 0.793. The summed E-state index contributed by atoms with van der Waals surface area (Å²) in [5.74, 6) is -0.342. The van der Waals surface area contributed by atoms with Gasteiger partial charge in [-0.2, -0.15) is 0 Å². The molecule has 1 saturated heterocycles. The van der Waals surface area contributed by atoms with Crippen molar-refractivity contribution < 1.29 is 14.3 Å². The average Bonchev–Trinajstić information content (AvgIpc) is 2.95. The number of carbonyl (C=O) groups is 1. The fourth-order valence-electron chi connectivity index (χ4n) is 1.61. The van der Waals surface area contributed by atoms with E-state index < -0.39 is 0 Å². The van der Waals surface area contributed by atoms with Gasteiger partial charge in [0.15, 0.2) is 0 Å². The van der Waals surface area contributed by atoms with E-state index in [9.17, 15) is 4.79 Å². The SMILES string of the molecule is Cc1nc(/C=C/C(=O)OCC2CCCO2)cs1. The van der Waals surface area contributed by atoms with E-state index in [4.69, 9.17) is 9.47 Å². The number of nitrogens with zero attached hydrogens (tertiary/aromatic N) is 1. The van der Waals surface area contributed by atoms with Crippen LogP contribution in [0.1, 0.15) is 23.5 Å². The number of aryl methyl sites for hydroxylation is 1. The normalized spacial score (nSPS) is 19.9. The first-order valence-electron chi connectivity index (χ1n) is 5.62. The lowest BCUT2D eigenvalue weighted by atomic mass is 10.2. The summed E-state index contributed by atoms with van der Waals surface area (Å²) in [6.45, 7) is 3.05. The Kier molecular flexibility index (Phi) is 4.28. The molecule has 2 rings (SSSR count). The minimum atomic E-state index is -0.342. The van der Waals surface area contributed by atoms with Crippen LogP contribution < -0.4 is 0 Å².